The van der Waals surface area contributed by atoms with E-state index in [1.807, 2.05) is 24.3 Å². The van der Waals surface area contributed by atoms with Gasteiger partial charge in [0.15, 0.2) is 11.2 Å². The van der Waals surface area contributed by atoms with Crippen LogP contribution in [0.25, 0.3) is 0 Å². The van der Waals surface area contributed by atoms with Crippen molar-refractivity contribution in [1.82, 2.24) is 0 Å². The lowest BCUT2D eigenvalue weighted by Crippen LogP contribution is -2.47. The fourth-order valence-corrected chi connectivity index (χ4v) is 2.09. The molecule has 1 heterocycles. The van der Waals surface area contributed by atoms with Crippen LogP contribution in [-0.4, -0.2) is 19.0 Å². The first-order valence-corrected chi connectivity index (χ1v) is 6.20. The van der Waals surface area contributed by atoms with Crippen LogP contribution < -0.4 is 0 Å². The molecule has 18 heavy (non-hydrogen) atoms. The maximum atomic E-state index is 12.2. The van der Waals surface area contributed by atoms with Crippen LogP contribution in [0.1, 0.15) is 29.8 Å². The van der Waals surface area contributed by atoms with Gasteiger partial charge in [0, 0.05) is 5.56 Å². The zero-order chi connectivity index (χ0) is 13.2. The lowest BCUT2D eigenvalue weighted by Gasteiger charge is -2.33. The SMILES string of the molecule is CC(C)Cc1ccc(C(=O)C2(C#N)COC2)cc1. The van der Waals surface area contributed by atoms with Gasteiger partial charge < -0.3 is 4.74 Å². The Balaban J connectivity index is 2.15. The van der Waals surface area contributed by atoms with Crippen molar-refractivity contribution < 1.29 is 9.53 Å². The summed E-state index contributed by atoms with van der Waals surface area (Å²) >= 11 is 0. The molecule has 0 aliphatic carbocycles. The van der Waals surface area contributed by atoms with Crippen molar-refractivity contribution in [2.24, 2.45) is 11.3 Å². The van der Waals surface area contributed by atoms with E-state index in [1.165, 1.54) is 5.56 Å². The summed E-state index contributed by atoms with van der Waals surface area (Å²) in [6.07, 6.45) is 1.00. The summed E-state index contributed by atoms with van der Waals surface area (Å²) in [4.78, 5) is 12.2. The Labute approximate surface area is 107 Å². The van der Waals surface area contributed by atoms with E-state index in [9.17, 15) is 4.79 Å². The Morgan fingerprint density at radius 3 is 2.39 bits per heavy atom. The van der Waals surface area contributed by atoms with E-state index < -0.39 is 5.41 Å². The Morgan fingerprint density at radius 1 is 1.39 bits per heavy atom. The number of Topliss-reactive ketones (excluding diaryl/α,β-unsaturated/α-hetero) is 1. The fourth-order valence-electron chi connectivity index (χ4n) is 2.09. The average Bonchev–Trinajstić information content (AvgIpc) is 2.28. The van der Waals surface area contributed by atoms with Crippen molar-refractivity contribution in [3.63, 3.8) is 0 Å². The number of ketones is 1. The summed E-state index contributed by atoms with van der Waals surface area (Å²) in [5.74, 6) is 0.476. The molecule has 0 unspecified atom stereocenters. The third-order valence-electron chi connectivity index (χ3n) is 3.21. The van der Waals surface area contributed by atoms with Crippen molar-refractivity contribution in [1.29, 1.82) is 5.26 Å². The third kappa shape index (κ3) is 2.30. The zero-order valence-electron chi connectivity index (χ0n) is 10.8. The Morgan fingerprint density at radius 2 is 2.00 bits per heavy atom. The molecule has 0 saturated carbocycles. The molecule has 3 heteroatoms. The monoisotopic (exact) mass is 243 g/mol. The number of ether oxygens (including phenoxy) is 1. The number of benzene rings is 1. The van der Waals surface area contributed by atoms with Crippen LogP contribution in [0.3, 0.4) is 0 Å². The molecular formula is C15H17NO2. The molecule has 3 nitrogen and oxygen atoms in total. The second-order valence-electron chi connectivity index (χ2n) is 5.31. The third-order valence-corrected chi connectivity index (χ3v) is 3.21. The Bertz CT molecular complexity index is 478. The topological polar surface area (TPSA) is 50.1 Å². The summed E-state index contributed by atoms with van der Waals surface area (Å²) in [5, 5.41) is 9.09. The van der Waals surface area contributed by atoms with Gasteiger partial charge in [-0.1, -0.05) is 38.1 Å². The molecule has 0 N–H and O–H groups in total. The summed E-state index contributed by atoms with van der Waals surface area (Å²) < 4.78 is 5.00. The number of nitrogens with zero attached hydrogens (tertiary/aromatic N) is 1. The second-order valence-corrected chi connectivity index (χ2v) is 5.31. The van der Waals surface area contributed by atoms with E-state index in [0.717, 1.165) is 6.42 Å². The molecule has 1 aromatic carbocycles. The molecule has 2 rings (SSSR count). The van der Waals surface area contributed by atoms with Crippen molar-refractivity contribution in [2.75, 3.05) is 13.2 Å². The van der Waals surface area contributed by atoms with E-state index in [0.29, 0.717) is 11.5 Å². The summed E-state index contributed by atoms with van der Waals surface area (Å²) in [7, 11) is 0. The first-order valence-electron chi connectivity index (χ1n) is 6.20. The van der Waals surface area contributed by atoms with E-state index >= 15 is 0 Å². The van der Waals surface area contributed by atoms with Gasteiger partial charge in [-0.15, -0.1) is 0 Å². The van der Waals surface area contributed by atoms with E-state index in [1.54, 1.807) is 0 Å². The van der Waals surface area contributed by atoms with E-state index in [-0.39, 0.29) is 19.0 Å². The largest absolute Gasteiger partial charge is 0.377 e. The van der Waals surface area contributed by atoms with Gasteiger partial charge in [0.25, 0.3) is 0 Å². The molecule has 1 aliphatic rings. The minimum absolute atomic E-state index is 0.118. The van der Waals surface area contributed by atoms with Crippen molar-refractivity contribution in [3.05, 3.63) is 35.4 Å². The highest BCUT2D eigenvalue weighted by atomic mass is 16.5. The molecule has 0 bridgehead atoms. The molecule has 0 atom stereocenters. The molecule has 0 aromatic heterocycles. The molecule has 1 fully saturated rings. The number of nitriles is 1. The average molecular weight is 243 g/mol. The number of hydrogen-bond donors (Lipinski definition) is 0. The predicted molar refractivity (Wildman–Crippen MR) is 68.2 cm³/mol. The second kappa shape index (κ2) is 4.91. The fraction of sp³-hybridized carbons (Fsp3) is 0.467. The molecule has 0 amide bonds. The first kappa shape index (κ1) is 12.8. The van der Waals surface area contributed by atoms with Crippen LogP contribution in [0, 0.1) is 22.7 Å². The highest BCUT2D eigenvalue weighted by Crippen LogP contribution is 2.31. The minimum atomic E-state index is -0.945. The molecule has 0 radical (unpaired) electrons. The van der Waals surface area contributed by atoms with Crippen molar-refractivity contribution >= 4 is 5.78 Å². The predicted octanol–water partition coefficient (Wildman–Crippen LogP) is 2.61. The van der Waals surface area contributed by atoms with E-state index in [2.05, 4.69) is 19.9 Å². The zero-order valence-corrected chi connectivity index (χ0v) is 10.8. The lowest BCUT2D eigenvalue weighted by atomic mass is 9.80. The van der Waals surface area contributed by atoms with Crippen LogP contribution in [0.5, 0.6) is 0 Å². The molecule has 1 saturated heterocycles. The van der Waals surface area contributed by atoms with Crippen LogP contribution in [0.15, 0.2) is 24.3 Å². The van der Waals surface area contributed by atoms with Gasteiger partial charge in [-0.05, 0) is 17.9 Å². The van der Waals surface area contributed by atoms with Gasteiger partial charge in [0.1, 0.15) is 0 Å². The molecular weight excluding hydrogens is 226 g/mol. The van der Waals surface area contributed by atoms with Gasteiger partial charge in [0.2, 0.25) is 0 Å². The number of carbonyl (C=O) groups excluding carboxylic acids is 1. The minimum Gasteiger partial charge on any atom is -0.377 e. The highest BCUT2D eigenvalue weighted by molar-refractivity contribution is 6.03. The molecule has 1 aromatic rings. The highest BCUT2D eigenvalue weighted by Gasteiger charge is 2.46. The standard InChI is InChI=1S/C15H17NO2/c1-11(2)7-12-3-5-13(6-4-12)14(17)15(8-16)9-18-10-15/h3-6,11H,7,9-10H2,1-2H3. The molecule has 1 aliphatic heterocycles. The summed E-state index contributed by atoms with van der Waals surface area (Å²) in [5.41, 5.74) is 0.879. The van der Waals surface area contributed by atoms with Gasteiger partial charge in [-0.2, -0.15) is 5.26 Å². The quantitative estimate of drug-likeness (QED) is 0.764. The lowest BCUT2D eigenvalue weighted by molar-refractivity contribution is -0.0566. The molecule has 0 spiro atoms. The number of carbonyl (C=O) groups is 1. The van der Waals surface area contributed by atoms with Crippen LogP contribution in [0.2, 0.25) is 0 Å². The molecule has 94 valence electrons. The first-order chi connectivity index (χ1) is 8.57. The number of rotatable bonds is 4. The van der Waals surface area contributed by atoms with Crippen LogP contribution in [0.4, 0.5) is 0 Å². The Hall–Kier alpha value is -1.66. The van der Waals surface area contributed by atoms with Crippen molar-refractivity contribution in [3.8, 4) is 6.07 Å². The van der Waals surface area contributed by atoms with Gasteiger partial charge >= 0.3 is 0 Å². The van der Waals surface area contributed by atoms with Crippen LogP contribution >= 0.6 is 0 Å². The van der Waals surface area contributed by atoms with Crippen LogP contribution in [-0.2, 0) is 11.2 Å². The van der Waals surface area contributed by atoms with Gasteiger partial charge in [-0.25, -0.2) is 0 Å². The summed E-state index contributed by atoms with van der Waals surface area (Å²) in [6, 6.07) is 9.66. The normalized spacial score (nSPS) is 17.0. The number of hydrogen-bond acceptors (Lipinski definition) is 3. The van der Waals surface area contributed by atoms with Crippen molar-refractivity contribution in [2.45, 2.75) is 20.3 Å². The summed E-state index contributed by atoms with van der Waals surface area (Å²) in [6.45, 7) is 4.76. The smallest absolute Gasteiger partial charge is 0.187 e. The maximum Gasteiger partial charge on any atom is 0.187 e. The van der Waals surface area contributed by atoms with E-state index in [4.69, 9.17) is 10.00 Å². The maximum absolute atomic E-state index is 12.2. The van der Waals surface area contributed by atoms with Gasteiger partial charge in [0.05, 0.1) is 19.3 Å². The van der Waals surface area contributed by atoms with Gasteiger partial charge in [-0.3, -0.25) is 4.79 Å². The Kier molecular flexibility index (Phi) is 3.49.